The van der Waals surface area contributed by atoms with E-state index in [0.717, 1.165) is 0 Å². The van der Waals surface area contributed by atoms with Crippen LogP contribution in [0.1, 0.15) is 25.8 Å². The fourth-order valence-corrected chi connectivity index (χ4v) is 2.54. The molecule has 8 nitrogen and oxygen atoms in total. The van der Waals surface area contributed by atoms with E-state index in [1.807, 2.05) is 6.92 Å². The monoisotopic (exact) mass is 464 g/mol. The van der Waals surface area contributed by atoms with Gasteiger partial charge in [0.25, 0.3) is 5.91 Å². The van der Waals surface area contributed by atoms with Crippen molar-refractivity contribution >= 4 is 52.8 Å². The van der Waals surface area contributed by atoms with Crippen molar-refractivity contribution < 1.29 is 19.1 Å². The van der Waals surface area contributed by atoms with Gasteiger partial charge in [0.2, 0.25) is 0 Å². The van der Waals surface area contributed by atoms with Crippen LogP contribution in [0.25, 0.3) is 0 Å². The molecule has 0 bridgehead atoms. The number of hydrogen-bond donors (Lipinski definition) is 3. The van der Waals surface area contributed by atoms with E-state index in [9.17, 15) is 14.4 Å². The van der Waals surface area contributed by atoms with Crippen molar-refractivity contribution in [3.05, 3.63) is 58.1 Å². The van der Waals surface area contributed by atoms with Gasteiger partial charge in [0.1, 0.15) is 5.75 Å². The topological polar surface area (TPSA) is 109 Å². The third-order valence-electron chi connectivity index (χ3n) is 4.05. The Morgan fingerprint density at radius 3 is 2.48 bits per heavy atom. The molecule has 0 aliphatic rings. The normalized spacial score (nSPS) is 11.6. The second-order valence-electron chi connectivity index (χ2n) is 6.49. The number of ether oxygens (including phenoxy) is 1. The van der Waals surface area contributed by atoms with Crippen molar-refractivity contribution in [3.63, 3.8) is 0 Å². The first kappa shape index (κ1) is 24.2. The molecular formula is C21H22Cl2N4O4. The fourth-order valence-electron chi connectivity index (χ4n) is 2.19. The average Bonchev–Trinajstić information content (AvgIpc) is 2.76. The van der Waals surface area contributed by atoms with Gasteiger partial charge in [-0.15, -0.1) is 0 Å². The SMILES string of the molecule is CC[C@H](C)NC(=O)C(=O)N/N=C\c1ccc(OCC(=O)Nc2cccc(Cl)c2Cl)cc1. The molecule has 0 saturated heterocycles. The van der Waals surface area contributed by atoms with Crippen LogP contribution in [0.5, 0.6) is 5.75 Å². The molecule has 10 heteroatoms. The van der Waals surface area contributed by atoms with Gasteiger partial charge in [0.05, 0.1) is 21.9 Å². The second-order valence-corrected chi connectivity index (χ2v) is 7.27. The molecule has 1 atom stereocenters. The van der Waals surface area contributed by atoms with Gasteiger partial charge < -0.3 is 15.4 Å². The lowest BCUT2D eigenvalue weighted by atomic mass is 10.2. The van der Waals surface area contributed by atoms with E-state index >= 15 is 0 Å². The van der Waals surface area contributed by atoms with Gasteiger partial charge in [0, 0.05) is 6.04 Å². The Morgan fingerprint density at radius 1 is 1.10 bits per heavy atom. The summed E-state index contributed by atoms with van der Waals surface area (Å²) >= 11 is 11.9. The van der Waals surface area contributed by atoms with Crippen molar-refractivity contribution in [1.82, 2.24) is 10.7 Å². The number of benzene rings is 2. The lowest BCUT2D eigenvalue weighted by Crippen LogP contribution is -2.41. The smallest absolute Gasteiger partial charge is 0.329 e. The van der Waals surface area contributed by atoms with Crippen LogP contribution in [0.15, 0.2) is 47.6 Å². The molecule has 31 heavy (non-hydrogen) atoms. The maximum absolute atomic E-state index is 12.0. The van der Waals surface area contributed by atoms with Crippen LogP contribution >= 0.6 is 23.2 Å². The lowest BCUT2D eigenvalue weighted by Gasteiger charge is -2.10. The Kier molecular flexibility index (Phi) is 9.30. The number of nitrogens with one attached hydrogen (secondary N) is 3. The van der Waals surface area contributed by atoms with E-state index < -0.39 is 17.7 Å². The predicted octanol–water partition coefficient (Wildman–Crippen LogP) is 3.38. The number of halogens is 2. The van der Waals surface area contributed by atoms with Crippen LogP contribution < -0.4 is 20.8 Å². The second kappa shape index (κ2) is 11.9. The zero-order chi connectivity index (χ0) is 22.8. The number of rotatable bonds is 8. The highest BCUT2D eigenvalue weighted by molar-refractivity contribution is 6.44. The average molecular weight is 465 g/mol. The summed E-state index contributed by atoms with van der Waals surface area (Å²) in [6.07, 6.45) is 2.10. The summed E-state index contributed by atoms with van der Waals surface area (Å²) in [5.41, 5.74) is 3.22. The molecule has 0 fully saturated rings. The Morgan fingerprint density at radius 2 is 1.81 bits per heavy atom. The lowest BCUT2D eigenvalue weighted by molar-refractivity contribution is -0.139. The summed E-state index contributed by atoms with van der Waals surface area (Å²) in [4.78, 5) is 35.3. The molecule has 0 radical (unpaired) electrons. The highest BCUT2D eigenvalue weighted by atomic mass is 35.5. The van der Waals surface area contributed by atoms with Gasteiger partial charge in [-0.3, -0.25) is 14.4 Å². The number of hydrazone groups is 1. The molecule has 0 aliphatic heterocycles. The number of amides is 3. The minimum Gasteiger partial charge on any atom is -0.484 e. The van der Waals surface area contributed by atoms with Gasteiger partial charge in [-0.1, -0.05) is 36.2 Å². The molecule has 2 rings (SSSR count). The number of carbonyl (C=O) groups is 3. The van der Waals surface area contributed by atoms with Crippen molar-refractivity contribution in [2.45, 2.75) is 26.3 Å². The molecule has 0 aliphatic carbocycles. The summed E-state index contributed by atoms with van der Waals surface area (Å²) < 4.78 is 5.43. The van der Waals surface area contributed by atoms with Crippen LogP contribution in [0, 0.1) is 0 Å². The van der Waals surface area contributed by atoms with Gasteiger partial charge in [-0.2, -0.15) is 5.10 Å². The summed E-state index contributed by atoms with van der Waals surface area (Å²) in [5, 5.41) is 9.50. The minimum atomic E-state index is -0.845. The summed E-state index contributed by atoms with van der Waals surface area (Å²) in [6.45, 7) is 3.47. The molecule has 0 saturated carbocycles. The number of carbonyl (C=O) groups excluding carboxylic acids is 3. The zero-order valence-electron chi connectivity index (χ0n) is 16.9. The third kappa shape index (κ3) is 7.92. The van der Waals surface area contributed by atoms with E-state index in [1.165, 1.54) is 6.21 Å². The van der Waals surface area contributed by atoms with Gasteiger partial charge >= 0.3 is 11.8 Å². The molecule has 3 amide bonds. The van der Waals surface area contributed by atoms with E-state index in [-0.39, 0.29) is 17.7 Å². The largest absolute Gasteiger partial charge is 0.484 e. The standard InChI is InChI=1S/C21H22Cl2N4O4/c1-3-13(2)25-20(29)21(30)27-24-11-14-7-9-15(10-8-14)31-12-18(28)26-17-6-4-5-16(22)19(17)23/h4-11,13H,3,12H2,1-2H3,(H,25,29)(H,26,28)(H,27,30)/b24-11-/t13-/m0/s1. The summed E-state index contributed by atoms with van der Waals surface area (Å²) in [7, 11) is 0. The molecule has 3 N–H and O–H groups in total. The fraction of sp³-hybridized carbons (Fsp3) is 0.238. The molecule has 0 spiro atoms. The molecule has 0 heterocycles. The molecule has 164 valence electrons. The summed E-state index contributed by atoms with van der Waals surface area (Å²) in [6, 6.07) is 11.5. The van der Waals surface area contributed by atoms with Crippen molar-refractivity contribution in [2.24, 2.45) is 5.10 Å². The Labute approximate surface area is 189 Å². The van der Waals surface area contributed by atoms with Crippen molar-refractivity contribution in [2.75, 3.05) is 11.9 Å². The third-order valence-corrected chi connectivity index (χ3v) is 4.87. The Balaban J connectivity index is 1.80. The Hall–Kier alpha value is -3.10. The van der Waals surface area contributed by atoms with Gasteiger partial charge in [-0.05, 0) is 55.3 Å². The number of anilines is 1. The zero-order valence-corrected chi connectivity index (χ0v) is 18.5. The van der Waals surface area contributed by atoms with Crippen LogP contribution in [-0.4, -0.2) is 36.6 Å². The van der Waals surface area contributed by atoms with Gasteiger partial charge in [-0.25, -0.2) is 5.43 Å². The first-order chi connectivity index (χ1) is 14.8. The molecule has 0 aromatic heterocycles. The van der Waals surface area contributed by atoms with Crippen LogP contribution in [-0.2, 0) is 14.4 Å². The predicted molar refractivity (Wildman–Crippen MR) is 121 cm³/mol. The van der Waals surface area contributed by atoms with Gasteiger partial charge in [0.15, 0.2) is 6.61 Å². The van der Waals surface area contributed by atoms with Crippen molar-refractivity contribution in [3.8, 4) is 5.75 Å². The maximum atomic E-state index is 12.0. The molecular weight excluding hydrogens is 443 g/mol. The first-order valence-electron chi connectivity index (χ1n) is 9.40. The highest BCUT2D eigenvalue weighted by Crippen LogP contribution is 2.29. The van der Waals surface area contributed by atoms with E-state index in [4.69, 9.17) is 27.9 Å². The quantitative estimate of drug-likeness (QED) is 0.316. The minimum absolute atomic E-state index is 0.0978. The molecule has 2 aromatic rings. The Bertz CT molecular complexity index is 964. The van der Waals surface area contributed by atoms with Crippen molar-refractivity contribution in [1.29, 1.82) is 0 Å². The van der Waals surface area contributed by atoms with Crippen LogP contribution in [0.4, 0.5) is 5.69 Å². The van der Waals surface area contributed by atoms with Crippen LogP contribution in [0.2, 0.25) is 10.0 Å². The van der Waals surface area contributed by atoms with Crippen LogP contribution in [0.3, 0.4) is 0 Å². The number of hydrogen-bond acceptors (Lipinski definition) is 5. The molecule has 0 unspecified atom stereocenters. The maximum Gasteiger partial charge on any atom is 0.329 e. The first-order valence-corrected chi connectivity index (χ1v) is 10.2. The summed E-state index contributed by atoms with van der Waals surface area (Å²) in [5.74, 6) is -1.52. The highest BCUT2D eigenvalue weighted by Gasteiger charge is 2.14. The van der Waals surface area contributed by atoms with E-state index in [1.54, 1.807) is 49.4 Å². The molecule has 2 aromatic carbocycles. The van der Waals surface area contributed by atoms with E-state index in [0.29, 0.717) is 28.4 Å². The number of nitrogens with zero attached hydrogens (tertiary/aromatic N) is 1. The van der Waals surface area contributed by atoms with E-state index in [2.05, 4.69) is 21.2 Å².